The van der Waals surface area contributed by atoms with Gasteiger partial charge in [-0.2, -0.15) is 0 Å². The smallest absolute Gasteiger partial charge is 0.407 e. The largest absolute Gasteiger partial charge is 0.481 e. The summed E-state index contributed by atoms with van der Waals surface area (Å²) in [5.74, 6) is -1.25. The van der Waals surface area contributed by atoms with Gasteiger partial charge in [0.25, 0.3) is 0 Å². The molecule has 7 nitrogen and oxygen atoms in total. The highest BCUT2D eigenvalue weighted by atomic mass is 16.5. The van der Waals surface area contributed by atoms with Crippen LogP contribution in [0.1, 0.15) is 49.1 Å². The van der Waals surface area contributed by atoms with Gasteiger partial charge in [-0.25, -0.2) is 4.79 Å². The highest BCUT2D eigenvalue weighted by Gasteiger charge is 2.50. The first-order chi connectivity index (χ1) is 16.0. The van der Waals surface area contributed by atoms with Crippen LogP contribution in [0.25, 0.3) is 11.1 Å². The normalized spacial score (nSPS) is 22.7. The average Bonchev–Trinajstić information content (AvgIpc) is 3.50. The van der Waals surface area contributed by atoms with Crippen LogP contribution < -0.4 is 5.32 Å². The van der Waals surface area contributed by atoms with E-state index in [0.717, 1.165) is 24.0 Å². The third-order valence-corrected chi connectivity index (χ3v) is 7.32. The summed E-state index contributed by atoms with van der Waals surface area (Å²) in [6.07, 6.45) is 2.52. The van der Waals surface area contributed by atoms with E-state index in [2.05, 4.69) is 29.6 Å². The molecule has 3 atom stereocenters. The lowest BCUT2D eigenvalue weighted by molar-refractivity contribution is -0.143. The van der Waals surface area contributed by atoms with Gasteiger partial charge in [-0.05, 0) is 47.9 Å². The first-order valence-electron chi connectivity index (χ1n) is 11.7. The predicted molar refractivity (Wildman–Crippen MR) is 122 cm³/mol. The molecule has 2 saturated heterocycles. The third-order valence-electron chi connectivity index (χ3n) is 7.32. The van der Waals surface area contributed by atoms with Crippen molar-refractivity contribution in [3.05, 3.63) is 59.7 Å². The fourth-order valence-electron chi connectivity index (χ4n) is 5.85. The van der Waals surface area contributed by atoms with Crippen LogP contribution in [0.2, 0.25) is 0 Å². The van der Waals surface area contributed by atoms with Crippen molar-refractivity contribution in [3.63, 3.8) is 0 Å². The molecule has 2 fully saturated rings. The zero-order valence-electron chi connectivity index (χ0n) is 18.4. The summed E-state index contributed by atoms with van der Waals surface area (Å²) in [6.45, 7) is 0.598. The van der Waals surface area contributed by atoms with E-state index in [4.69, 9.17) is 4.74 Å². The molecule has 2 N–H and O–H groups in total. The number of carboxylic acids is 1. The van der Waals surface area contributed by atoms with Crippen molar-refractivity contribution in [2.75, 3.05) is 13.2 Å². The predicted octanol–water partition coefficient (Wildman–Crippen LogP) is 3.77. The van der Waals surface area contributed by atoms with Gasteiger partial charge in [-0.15, -0.1) is 0 Å². The van der Waals surface area contributed by atoms with Crippen LogP contribution in [-0.2, 0) is 14.3 Å². The molecule has 2 amide bonds. The molecule has 5 rings (SSSR count). The van der Waals surface area contributed by atoms with Gasteiger partial charge in [0.2, 0.25) is 5.91 Å². The maximum Gasteiger partial charge on any atom is 0.407 e. The number of hydrogen-bond acceptors (Lipinski definition) is 4. The minimum atomic E-state index is -0.808. The number of carbonyl (C=O) groups is 3. The first kappa shape index (κ1) is 21.5. The molecule has 0 spiro atoms. The molecule has 2 heterocycles. The van der Waals surface area contributed by atoms with E-state index in [1.54, 1.807) is 4.90 Å². The second-order valence-electron chi connectivity index (χ2n) is 9.14. The topological polar surface area (TPSA) is 95.9 Å². The highest BCUT2D eigenvalue weighted by Crippen LogP contribution is 2.44. The molecule has 3 unspecified atom stereocenters. The van der Waals surface area contributed by atoms with Crippen molar-refractivity contribution >= 4 is 18.0 Å². The molecular weight excluding hydrogens is 420 g/mol. The molecular formula is C26H28N2O5. The van der Waals surface area contributed by atoms with Crippen molar-refractivity contribution in [1.29, 1.82) is 0 Å². The quantitative estimate of drug-likeness (QED) is 0.629. The Bertz CT molecular complexity index is 1040. The Labute approximate surface area is 192 Å². The van der Waals surface area contributed by atoms with E-state index in [0.29, 0.717) is 25.8 Å². The maximum atomic E-state index is 12.6. The molecule has 0 radical (unpaired) electrons. The summed E-state index contributed by atoms with van der Waals surface area (Å²) >= 11 is 0. The fraction of sp³-hybridized carbons (Fsp3) is 0.423. The Hall–Kier alpha value is -3.35. The van der Waals surface area contributed by atoms with E-state index in [-0.39, 0.29) is 30.5 Å². The highest BCUT2D eigenvalue weighted by molar-refractivity contribution is 5.81. The van der Waals surface area contributed by atoms with Gasteiger partial charge in [-0.3, -0.25) is 9.59 Å². The zero-order chi connectivity index (χ0) is 22.9. The van der Waals surface area contributed by atoms with Crippen LogP contribution in [0.3, 0.4) is 0 Å². The lowest BCUT2D eigenvalue weighted by atomic mass is 9.89. The molecule has 1 aliphatic carbocycles. The molecule has 2 aromatic rings. The molecule has 7 heteroatoms. The molecule has 3 aliphatic rings. The van der Waals surface area contributed by atoms with Crippen molar-refractivity contribution < 1.29 is 24.2 Å². The second kappa shape index (κ2) is 8.89. The summed E-state index contributed by atoms with van der Waals surface area (Å²) in [5.41, 5.74) is 4.69. The SMILES string of the molecule is O=C(NCCCC(=O)N1C2CCC1C(C(=O)O)C2)OCC1c2ccccc2-c2ccccc21. The zero-order valence-corrected chi connectivity index (χ0v) is 18.4. The van der Waals surface area contributed by atoms with Crippen LogP contribution in [0.4, 0.5) is 4.79 Å². The van der Waals surface area contributed by atoms with Gasteiger partial charge in [0, 0.05) is 31.0 Å². The summed E-state index contributed by atoms with van der Waals surface area (Å²) in [7, 11) is 0. The summed E-state index contributed by atoms with van der Waals surface area (Å²) in [6, 6.07) is 16.3. The molecule has 33 heavy (non-hydrogen) atoms. The number of aliphatic carboxylic acids is 1. The Morgan fingerprint density at radius 2 is 1.67 bits per heavy atom. The number of nitrogens with one attached hydrogen (secondary N) is 1. The van der Waals surface area contributed by atoms with Crippen molar-refractivity contribution in [3.8, 4) is 11.1 Å². The van der Waals surface area contributed by atoms with E-state index in [9.17, 15) is 19.5 Å². The van der Waals surface area contributed by atoms with Crippen molar-refractivity contribution in [1.82, 2.24) is 10.2 Å². The molecule has 2 bridgehead atoms. The number of carbonyl (C=O) groups excluding carboxylic acids is 2. The number of nitrogens with zero attached hydrogens (tertiary/aromatic N) is 1. The second-order valence-corrected chi connectivity index (χ2v) is 9.14. The number of fused-ring (bicyclic) bond motifs is 5. The number of benzene rings is 2. The van der Waals surface area contributed by atoms with E-state index in [1.165, 1.54) is 11.1 Å². The van der Waals surface area contributed by atoms with Crippen molar-refractivity contribution in [2.24, 2.45) is 5.92 Å². The Balaban J connectivity index is 1.08. The lowest BCUT2D eigenvalue weighted by Gasteiger charge is -2.23. The van der Waals surface area contributed by atoms with Gasteiger partial charge >= 0.3 is 12.1 Å². The Kier molecular flexibility index (Phi) is 5.79. The van der Waals surface area contributed by atoms with Gasteiger partial charge in [0.1, 0.15) is 6.61 Å². The molecule has 0 aromatic heterocycles. The lowest BCUT2D eigenvalue weighted by Crippen LogP contribution is -2.38. The minimum Gasteiger partial charge on any atom is -0.481 e. The number of hydrogen-bond donors (Lipinski definition) is 2. The number of alkyl carbamates (subject to hydrolysis) is 1. The number of amides is 2. The Morgan fingerprint density at radius 3 is 2.30 bits per heavy atom. The molecule has 2 aromatic carbocycles. The summed E-state index contributed by atoms with van der Waals surface area (Å²) < 4.78 is 5.52. The minimum absolute atomic E-state index is 0.0116. The standard InChI is InChI=1S/C26H28N2O5/c29-24(28-16-11-12-23(28)21(14-16)25(30)31)10-5-13-27-26(32)33-15-22-19-8-3-1-6-17(19)18-7-2-4-9-20(18)22/h1-4,6-9,16,21-23H,5,10-15H2,(H,27,32)(H,30,31). The van der Waals surface area contributed by atoms with Gasteiger partial charge in [-0.1, -0.05) is 48.5 Å². The Morgan fingerprint density at radius 1 is 1.00 bits per heavy atom. The van der Waals surface area contributed by atoms with E-state index in [1.807, 2.05) is 24.3 Å². The van der Waals surface area contributed by atoms with E-state index < -0.39 is 18.0 Å². The van der Waals surface area contributed by atoms with Crippen LogP contribution in [-0.4, -0.2) is 53.2 Å². The summed E-state index contributed by atoms with van der Waals surface area (Å²) in [5, 5.41) is 12.1. The van der Waals surface area contributed by atoms with E-state index >= 15 is 0 Å². The van der Waals surface area contributed by atoms with Crippen molar-refractivity contribution in [2.45, 2.75) is 50.1 Å². The molecule has 172 valence electrons. The van der Waals surface area contributed by atoms with Crippen LogP contribution in [0.5, 0.6) is 0 Å². The van der Waals surface area contributed by atoms with Crippen LogP contribution >= 0.6 is 0 Å². The number of ether oxygens (including phenoxy) is 1. The van der Waals surface area contributed by atoms with Crippen LogP contribution in [0, 0.1) is 5.92 Å². The maximum absolute atomic E-state index is 12.6. The summed E-state index contributed by atoms with van der Waals surface area (Å²) in [4.78, 5) is 38.1. The number of carboxylic acid groups (broad SMARTS) is 1. The fourth-order valence-corrected chi connectivity index (χ4v) is 5.85. The first-order valence-corrected chi connectivity index (χ1v) is 11.7. The van der Waals surface area contributed by atoms with Gasteiger partial charge in [0.15, 0.2) is 0 Å². The average molecular weight is 449 g/mol. The van der Waals surface area contributed by atoms with Gasteiger partial charge < -0.3 is 20.1 Å². The number of rotatable bonds is 7. The van der Waals surface area contributed by atoms with Crippen LogP contribution in [0.15, 0.2) is 48.5 Å². The third kappa shape index (κ3) is 3.96. The molecule has 2 aliphatic heterocycles. The monoisotopic (exact) mass is 448 g/mol. The van der Waals surface area contributed by atoms with Gasteiger partial charge in [0.05, 0.1) is 5.92 Å². The molecule has 0 saturated carbocycles.